The fraction of sp³-hybridized carbons (Fsp3) is 0.300. The third kappa shape index (κ3) is 3.19. The summed E-state index contributed by atoms with van der Waals surface area (Å²) < 4.78 is 23.6. The number of alkyl halides is 2. The lowest BCUT2D eigenvalue weighted by molar-refractivity contribution is 0.0891. The van der Waals surface area contributed by atoms with Crippen molar-refractivity contribution in [1.82, 2.24) is 5.32 Å². The molecule has 3 N–H and O–H groups in total. The number of amides is 1. The molecule has 0 saturated heterocycles. The Labute approximate surface area is 86.3 Å². The van der Waals surface area contributed by atoms with E-state index in [0.29, 0.717) is 11.3 Å². The van der Waals surface area contributed by atoms with Gasteiger partial charge in [0.25, 0.3) is 12.3 Å². The van der Waals surface area contributed by atoms with Crippen LogP contribution in [0.1, 0.15) is 15.9 Å². The predicted octanol–water partition coefficient (Wildman–Crippen LogP) is 1.57. The number of hydrogen-bond donors (Lipinski definition) is 2. The highest BCUT2D eigenvalue weighted by molar-refractivity contribution is 5.94. The molecule has 0 atom stereocenters. The molecule has 1 amide bonds. The first kappa shape index (κ1) is 11.4. The molecule has 0 aromatic heterocycles. The lowest BCUT2D eigenvalue weighted by Crippen LogP contribution is -2.28. The molecule has 0 bridgehead atoms. The number of nitrogen functional groups attached to an aromatic ring is 1. The van der Waals surface area contributed by atoms with Crippen LogP contribution in [-0.2, 0) is 0 Å². The smallest absolute Gasteiger partial charge is 0.255 e. The summed E-state index contributed by atoms with van der Waals surface area (Å²) in [6.45, 7) is 1.11. The summed E-state index contributed by atoms with van der Waals surface area (Å²) in [5, 5.41) is 2.12. The third-order valence-electron chi connectivity index (χ3n) is 1.95. The molecular weight excluding hydrogens is 202 g/mol. The SMILES string of the molecule is Cc1cc(C(=O)NCC(F)F)ccc1N. The second-order valence-corrected chi connectivity index (χ2v) is 3.17. The van der Waals surface area contributed by atoms with Crippen molar-refractivity contribution in [2.75, 3.05) is 12.3 Å². The summed E-state index contributed by atoms with van der Waals surface area (Å²) in [6.07, 6.45) is -2.54. The van der Waals surface area contributed by atoms with Gasteiger partial charge in [-0.25, -0.2) is 8.78 Å². The molecule has 3 nitrogen and oxygen atoms in total. The van der Waals surface area contributed by atoms with Crippen molar-refractivity contribution in [3.63, 3.8) is 0 Å². The number of carbonyl (C=O) groups excluding carboxylic acids is 1. The zero-order chi connectivity index (χ0) is 11.4. The van der Waals surface area contributed by atoms with Gasteiger partial charge in [0.05, 0.1) is 6.54 Å². The molecule has 0 unspecified atom stereocenters. The summed E-state index contributed by atoms with van der Waals surface area (Å²) in [4.78, 5) is 11.3. The molecule has 15 heavy (non-hydrogen) atoms. The predicted molar refractivity (Wildman–Crippen MR) is 53.9 cm³/mol. The van der Waals surface area contributed by atoms with Gasteiger partial charge >= 0.3 is 0 Å². The van der Waals surface area contributed by atoms with Crippen molar-refractivity contribution < 1.29 is 13.6 Å². The van der Waals surface area contributed by atoms with Crippen LogP contribution in [0.5, 0.6) is 0 Å². The van der Waals surface area contributed by atoms with Crippen LogP contribution in [-0.4, -0.2) is 18.9 Å². The summed E-state index contributed by atoms with van der Waals surface area (Å²) >= 11 is 0. The molecule has 1 aromatic carbocycles. The monoisotopic (exact) mass is 214 g/mol. The highest BCUT2D eigenvalue weighted by atomic mass is 19.3. The van der Waals surface area contributed by atoms with Gasteiger partial charge in [-0.15, -0.1) is 0 Å². The molecule has 0 aliphatic rings. The van der Waals surface area contributed by atoms with Gasteiger partial charge in [0.2, 0.25) is 0 Å². The van der Waals surface area contributed by atoms with Crippen LogP contribution in [0.4, 0.5) is 14.5 Å². The maximum absolute atomic E-state index is 11.8. The van der Waals surface area contributed by atoms with Gasteiger partial charge < -0.3 is 11.1 Å². The first-order chi connectivity index (χ1) is 7.00. The minimum atomic E-state index is -2.54. The Hall–Kier alpha value is -1.65. The summed E-state index contributed by atoms with van der Waals surface area (Å²) in [7, 11) is 0. The molecule has 0 fully saturated rings. The number of nitrogens with one attached hydrogen (secondary N) is 1. The number of halogens is 2. The van der Waals surface area contributed by atoms with E-state index in [0.717, 1.165) is 5.56 Å². The van der Waals surface area contributed by atoms with Crippen LogP contribution in [0.2, 0.25) is 0 Å². The number of anilines is 1. The third-order valence-corrected chi connectivity index (χ3v) is 1.95. The fourth-order valence-electron chi connectivity index (χ4n) is 1.09. The zero-order valence-electron chi connectivity index (χ0n) is 8.26. The number of hydrogen-bond acceptors (Lipinski definition) is 2. The molecular formula is C10H12F2N2O. The van der Waals surface area contributed by atoms with Crippen LogP contribution < -0.4 is 11.1 Å². The largest absolute Gasteiger partial charge is 0.399 e. The Kier molecular flexibility index (Phi) is 3.60. The Balaban J connectivity index is 2.70. The molecule has 0 radical (unpaired) electrons. The van der Waals surface area contributed by atoms with Crippen molar-refractivity contribution in [3.05, 3.63) is 29.3 Å². The molecule has 1 aromatic rings. The quantitative estimate of drug-likeness (QED) is 0.750. The van der Waals surface area contributed by atoms with E-state index >= 15 is 0 Å². The van der Waals surface area contributed by atoms with Crippen LogP contribution in [0, 0.1) is 6.92 Å². The van der Waals surface area contributed by atoms with Gasteiger partial charge in [0.1, 0.15) is 0 Å². The van der Waals surface area contributed by atoms with Crippen molar-refractivity contribution in [2.45, 2.75) is 13.3 Å². The van der Waals surface area contributed by atoms with E-state index in [-0.39, 0.29) is 0 Å². The van der Waals surface area contributed by atoms with Crippen molar-refractivity contribution in [1.29, 1.82) is 0 Å². The highest BCUT2D eigenvalue weighted by Crippen LogP contribution is 2.12. The lowest BCUT2D eigenvalue weighted by Gasteiger charge is -2.06. The van der Waals surface area contributed by atoms with Crippen LogP contribution in [0.25, 0.3) is 0 Å². The van der Waals surface area contributed by atoms with E-state index < -0.39 is 18.9 Å². The molecule has 5 heteroatoms. The van der Waals surface area contributed by atoms with E-state index in [1.165, 1.54) is 6.07 Å². The minimum absolute atomic E-state index is 0.336. The number of rotatable bonds is 3. The second-order valence-electron chi connectivity index (χ2n) is 3.17. The Morgan fingerprint density at radius 1 is 1.53 bits per heavy atom. The van der Waals surface area contributed by atoms with E-state index in [9.17, 15) is 13.6 Å². The minimum Gasteiger partial charge on any atom is -0.399 e. The van der Waals surface area contributed by atoms with Gasteiger partial charge in [-0.1, -0.05) is 0 Å². The molecule has 1 rings (SSSR count). The molecule has 0 heterocycles. The highest BCUT2D eigenvalue weighted by Gasteiger charge is 2.09. The average molecular weight is 214 g/mol. The molecule has 0 spiro atoms. The average Bonchev–Trinajstić information content (AvgIpc) is 2.18. The van der Waals surface area contributed by atoms with Gasteiger partial charge in [-0.2, -0.15) is 0 Å². The number of carbonyl (C=O) groups is 1. The maximum atomic E-state index is 11.8. The van der Waals surface area contributed by atoms with E-state index in [4.69, 9.17) is 5.73 Å². The number of aryl methyl sites for hydroxylation is 1. The topological polar surface area (TPSA) is 55.1 Å². The van der Waals surface area contributed by atoms with E-state index in [1.807, 2.05) is 0 Å². The first-order valence-corrected chi connectivity index (χ1v) is 4.43. The molecule has 0 aliphatic heterocycles. The fourth-order valence-corrected chi connectivity index (χ4v) is 1.09. The number of nitrogens with two attached hydrogens (primary N) is 1. The Bertz CT molecular complexity index is 366. The van der Waals surface area contributed by atoms with Gasteiger partial charge in [0, 0.05) is 11.3 Å². The maximum Gasteiger partial charge on any atom is 0.255 e. The normalized spacial score (nSPS) is 10.4. The summed E-state index contributed by atoms with van der Waals surface area (Å²) in [6, 6.07) is 4.64. The Morgan fingerprint density at radius 3 is 2.73 bits per heavy atom. The van der Waals surface area contributed by atoms with Crippen LogP contribution >= 0.6 is 0 Å². The number of benzene rings is 1. The summed E-state index contributed by atoms with van der Waals surface area (Å²) in [5.74, 6) is -0.515. The lowest BCUT2D eigenvalue weighted by atomic mass is 10.1. The zero-order valence-corrected chi connectivity index (χ0v) is 8.26. The molecule has 82 valence electrons. The standard InChI is InChI=1S/C10H12F2N2O/c1-6-4-7(2-3-8(6)13)10(15)14-5-9(11)12/h2-4,9H,5,13H2,1H3,(H,14,15). The van der Waals surface area contributed by atoms with Crippen LogP contribution in [0.3, 0.4) is 0 Å². The van der Waals surface area contributed by atoms with Crippen molar-refractivity contribution >= 4 is 11.6 Å². The molecule has 0 saturated carbocycles. The van der Waals surface area contributed by atoms with Crippen molar-refractivity contribution in [2.24, 2.45) is 0 Å². The van der Waals surface area contributed by atoms with E-state index in [2.05, 4.69) is 5.32 Å². The second kappa shape index (κ2) is 4.72. The first-order valence-electron chi connectivity index (χ1n) is 4.43. The Morgan fingerprint density at radius 2 is 2.20 bits per heavy atom. The van der Waals surface area contributed by atoms with Gasteiger partial charge in [-0.3, -0.25) is 4.79 Å². The summed E-state index contributed by atoms with van der Waals surface area (Å²) in [5.41, 5.74) is 7.21. The molecule has 0 aliphatic carbocycles. The van der Waals surface area contributed by atoms with Crippen LogP contribution in [0.15, 0.2) is 18.2 Å². The van der Waals surface area contributed by atoms with Gasteiger partial charge in [-0.05, 0) is 30.7 Å². The van der Waals surface area contributed by atoms with Gasteiger partial charge in [0.15, 0.2) is 0 Å². The van der Waals surface area contributed by atoms with E-state index in [1.54, 1.807) is 19.1 Å². The van der Waals surface area contributed by atoms with Crippen molar-refractivity contribution in [3.8, 4) is 0 Å².